The van der Waals surface area contributed by atoms with Crippen molar-refractivity contribution in [3.63, 3.8) is 0 Å². The molecule has 130 valence electrons. The van der Waals surface area contributed by atoms with Gasteiger partial charge in [-0.05, 0) is 41.7 Å². The monoisotopic (exact) mass is 346 g/mol. The quantitative estimate of drug-likeness (QED) is 0.701. The summed E-state index contributed by atoms with van der Waals surface area (Å²) in [5, 5.41) is 13.1. The van der Waals surface area contributed by atoms with E-state index >= 15 is 0 Å². The summed E-state index contributed by atoms with van der Waals surface area (Å²) >= 11 is 0. The summed E-state index contributed by atoms with van der Waals surface area (Å²) in [7, 11) is 0. The Kier molecular flexibility index (Phi) is 3.19. The highest BCUT2D eigenvalue weighted by atomic mass is 16.3. The maximum atomic E-state index is 12.7. The van der Waals surface area contributed by atoms with Gasteiger partial charge in [0.15, 0.2) is 0 Å². The third kappa shape index (κ3) is 2.10. The van der Waals surface area contributed by atoms with E-state index in [1.165, 1.54) is 11.1 Å². The average molecular weight is 346 g/mol. The van der Waals surface area contributed by atoms with Gasteiger partial charge in [0.2, 0.25) is 11.8 Å². The number of carbonyl (C=O) groups excluding carboxylic acids is 2. The van der Waals surface area contributed by atoms with E-state index in [0.29, 0.717) is 0 Å². The first kappa shape index (κ1) is 15.2. The van der Waals surface area contributed by atoms with Crippen molar-refractivity contribution in [3.05, 3.63) is 65.4 Å². The summed E-state index contributed by atoms with van der Waals surface area (Å²) in [6, 6.07) is 12.7. The summed E-state index contributed by atoms with van der Waals surface area (Å²) in [6.07, 6.45) is 4.17. The molecule has 3 aromatic rings. The molecule has 1 fully saturated rings. The Morgan fingerprint density at radius 1 is 1.00 bits per heavy atom. The lowest BCUT2D eigenvalue weighted by atomic mass is 9.83. The van der Waals surface area contributed by atoms with E-state index in [9.17, 15) is 14.7 Å². The van der Waals surface area contributed by atoms with E-state index in [0.717, 1.165) is 35.9 Å². The van der Waals surface area contributed by atoms with Gasteiger partial charge in [-0.1, -0.05) is 30.3 Å². The molecule has 2 aromatic carbocycles. The Hall–Kier alpha value is -3.08. The van der Waals surface area contributed by atoms with Crippen molar-refractivity contribution in [1.82, 2.24) is 9.88 Å². The predicted octanol–water partition coefficient (Wildman–Crippen LogP) is 2.82. The fraction of sp³-hybridized carbons (Fsp3) is 0.238. The van der Waals surface area contributed by atoms with Crippen LogP contribution in [-0.2, 0) is 22.6 Å². The highest BCUT2D eigenvalue weighted by Gasteiger charge is 2.44. The molecule has 2 N–H and O–H groups in total. The zero-order valence-corrected chi connectivity index (χ0v) is 14.1. The Morgan fingerprint density at radius 2 is 1.77 bits per heavy atom. The number of rotatable bonds is 2. The number of aryl methyl sites for hydroxylation is 2. The first-order valence-corrected chi connectivity index (χ1v) is 8.88. The van der Waals surface area contributed by atoms with Crippen LogP contribution >= 0.6 is 0 Å². The fourth-order valence-electron chi connectivity index (χ4n) is 4.46. The Labute approximate surface area is 150 Å². The van der Waals surface area contributed by atoms with Crippen LogP contribution in [0.3, 0.4) is 0 Å². The Bertz CT molecular complexity index is 1050. The summed E-state index contributed by atoms with van der Waals surface area (Å²) in [5.74, 6) is -1.52. The van der Waals surface area contributed by atoms with Gasteiger partial charge in [-0.2, -0.15) is 0 Å². The summed E-state index contributed by atoms with van der Waals surface area (Å²) < 4.78 is 2.22. The highest BCUT2D eigenvalue weighted by molar-refractivity contribution is 6.12. The molecule has 1 aromatic heterocycles. The van der Waals surface area contributed by atoms with E-state index in [1.807, 2.05) is 18.3 Å². The number of para-hydroxylation sites is 1. The molecule has 1 saturated heterocycles. The average Bonchev–Trinajstić information content (AvgIpc) is 3.14. The van der Waals surface area contributed by atoms with Gasteiger partial charge in [-0.15, -0.1) is 0 Å². The number of hydrogen-bond acceptors (Lipinski definition) is 3. The number of benzene rings is 2. The van der Waals surface area contributed by atoms with E-state index in [4.69, 9.17) is 0 Å². The molecule has 2 amide bonds. The van der Waals surface area contributed by atoms with E-state index in [1.54, 1.807) is 24.3 Å². The Morgan fingerprint density at radius 3 is 2.58 bits per heavy atom. The molecule has 0 saturated carbocycles. The van der Waals surface area contributed by atoms with Gasteiger partial charge in [-0.3, -0.25) is 14.9 Å². The normalized spacial score (nSPS) is 22.0. The van der Waals surface area contributed by atoms with Crippen molar-refractivity contribution in [3.8, 4) is 5.75 Å². The second kappa shape index (κ2) is 5.46. The number of nitrogens with zero attached hydrogens (tertiary/aromatic N) is 1. The molecule has 3 heterocycles. The summed E-state index contributed by atoms with van der Waals surface area (Å²) in [4.78, 5) is 25.2. The van der Waals surface area contributed by atoms with Crippen molar-refractivity contribution in [1.29, 1.82) is 0 Å². The number of imide groups is 1. The van der Waals surface area contributed by atoms with Gasteiger partial charge in [0, 0.05) is 18.1 Å². The van der Waals surface area contributed by atoms with Gasteiger partial charge in [-0.25, -0.2) is 0 Å². The number of phenols is 1. The van der Waals surface area contributed by atoms with Crippen molar-refractivity contribution >= 4 is 22.7 Å². The van der Waals surface area contributed by atoms with Crippen molar-refractivity contribution in [2.75, 3.05) is 0 Å². The SMILES string of the molecule is O=C1NC(=O)[C@H](c2cn3c4c(cccc24)CCC3)[C@H]1c1ccc(O)cc1. The number of amides is 2. The number of hydrogen-bond donors (Lipinski definition) is 2. The van der Waals surface area contributed by atoms with Crippen molar-refractivity contribution in [2.45, 2.75) is 31.2 Å². The van der Waals surface area contributed by atoms with Crippen LogP contribution in [0.2, 0.25) is 0 Å². The standard InChI is InChI=1S/C21H18N2O3/c24-14-8-6-12(7-9-14)17-18(21(26)22-20(17)25)16-11-23-10-2-4-13-3-1-5-15(16)19(13)23/h1,3,5-9,11,17-18,24H,2,4,10H2,(H,22,25,26)/t17-,18-/m1/s1. The van der Waals surface area contributed by atoms with Gasteiger partial charge < -0.3 is 9.67 Å². The van der Waals surface area contributed by atoms with Crippen LogP contribution in [0, 0.1) is 0 Å². The van der Waals surface area contributed by atoms with Crippen molar-refractivity contribution < 1.29 is 14.7 Å². The number of aromatic nitrogens is 1. The number of phenolic OH excluding ortho intramolecular Hbond substituents is 1. The van der Waals surface area contributed by atoms with Crippen LogP contribution < -0.4 is 5.32 Å². The first-order chi connectivity index (χ1) is 12.6. The highest BCUT2D eigenvalue weighted by Crippen LogP contribution is 2.42. The van der Waals surface area contributed by atoms with Crippen LogP contribution in [0.5, 0.6) is 5.75 Å². The van der Waals surface area contributed by atoms with Gasteiger partial charge in [0.05, 0.1) is 17.4 Å². The maximum Gasteiger partial charge on any atom is 0.235 e. The second-order valence-corrected chi connectivity index (χ2v) is 7.10. The molecule has 2 aliphatic rings. The third-order valence-electron chi connectivity index (χ3n) is 5.59. The Balaban J connectivity index is 1.70. The van der Waals surface area contributed by atoms with Gasteiger partial charge in [0.25, 0.3) is 0 Å². The molecule has 0 bridgehead atoms. The first-order valence-electron chi connectivity index (χ1n) is 8.88. The zero-order valence-electron chi connectivity index (χ0n) is 14.1. The molecule has 5 heteroatoms. The van der Waals surface area contributed by atoms with Crippen LogP contribution in [0.25, 0.3) is 10.9 Å². The lowest BCUT2D eigenvalue weighted by Gasteiger charge is -2.16. The van der Waals surface area contributed by atoms with Crippen LogP contribution in [0.1, 0.15) is 34.9 Å². The molecule has 2 aliphatic heterocycles. The van der Waals surface area contributed by atoms with Gasteiger partial charge >= 0.3 is 0 Å². The molecular formula is C21H18N2O3. The smallest absolute Gasteiger partial charge is 0.235 e. The molecular weight excluding hydrogens is 328 g/mol. The third-order valence-corrected chi connectivity index (χ3v) is 5.59. The largest absolute Gasteiger partial charge is 0.508 e. The fourth-order valence-corrected chi connectivity index (χ4v) is 4.46. The number of carbonyl (C=O) groups is 2. The molecule has 5 rings (SSSR count). The van der Waals surface area contributed by atoms with Crippen LogP contribution in [0.4, 0.5) is 0 Å². The molecule has 2 atom stereocenters. The minimum Gasteiger partial charge on any atom is -0.508 e. The lowest BCUT2D eigenvalue weighted by Crippen LogP contribution is -2.21. The molecule has 0 aliphatic carbocycles. The topological polar surface area (TPSA) is 71.3 Å². The van der Waals surface area contributed by atoms with Crippen LogP contribution in [0.15, 0.2) is 48.7 Å². The summed E-state index contributed by atoms with van der Waals surface area (Å²) in [6.45, 7) is 0.930. The molecule has 0 radical (unpaired) electrons. The van der Waals surface area contributed by atoms with E-state index < -0.39 is 11.8 Å². The van der Waals surface area contributed by atoms with Gasteiger partial charge in [0.1, 0.15) is 5.75 Å². The molecule has 0 spiro atoms. The lowest BCUT2D eigenvalue weighted by molar-refractivity contribution is -0.125. The second-order valence-electron chi connectivity index (χ2n) is 7.10. The molecule has 0 unspecified atom stereocenters. The predicted molar refractivity (Wildman–Crippen MR) is 97.0 cm³/mol. The minimum absolute atomic E-state index is 0.141. The minimum atomic E-state index is -0.577. The number of nitrogens with one attached hydrogen (secondary N) is 1. The van der Waals surface area contributed by atoms with E-state index in [-0.39, 0.29) is 17.6 Å². The molecule has 26 heavy (non-hydrogen) atoms. The van der Waals surface area contributed by atoms with Crippen LogP contribution in [-0.4, -0.2) is 21.5 Å². The zero-order chi connectivity index (χ0) is 17.8. The summed E-state index contributed by atoms with van der Waals surface area (Å²) in [5.41, 5.74) is 4.13. The molecule has 5 nitrogen and oxygen atoms in total. The van der Waals surface area contributed by atoms with E-state index in [2.05, 4.69) is 16.0 Å². The maximum absolute atomic E-state index is 12.7. The van der Waals surface area contributed by atoms with Crippen molar-refractivity contribution in [2.24, 2.45) is 0 Å². The number of aromatic hydroxyl groups is 1.